The Morgan fingerprint density at radius 3 is 2.17 bits per heavy atom. The Kier molecular flexibility index (Phi) is 5.79. The molecule has 0 fully saturated rings. The Morgan fingerprint density at radius 1 is 1.22 bits per heavy atom. The highest BCUT2D eigenvalue weighted by Gasteiger charge is 2.37. The van der Waals surface area contributed by atoms with Crippen molar-refractivity contribution >= 4 is 19.8 Å². The zero-order valence-electron chi connectivity index (χ0n) is 13.9. The highest BCUT2D eigenvalue weighted by Crippen LogP contribution is 2.36. The van der Waals surface area contributed by atoms with Crippen molar-refractivity contribution in [2.24, 2.45) is 0 Å². The highest BCUT2D eigenvalue weighted by atomic mass is 28.3. The number of rotatable bonds is 5. The molecule has 0 heterocycles. The van der Waals surface area contributed by atoms with Gasteiger partial charge in [0.2, 0.25) is 0 Å². The van der Waals surface area contributed by atoms with Gasteiger partial charge in [-0.15, -0.1) is 0 Å². The highest BCUT2D eigenvalue weighted by molar-refractivity contribution is 6.80. The topological polar surface area (TPSA) is 43.4 Å². The van der Waals surface area contributed by atoms with Crippen molar-refractivity contribution in [3.05, 3.63) is 34.9 Å². The second-order valence-electron chi connectivity index (χ2n) is 6.57. The lowest BCUT2D eigenvalue weighted by molar-refractivity contribution is -0.139. The van der Waals surface area contributed by atoms with E-state index in [0.717, 1.165) is 12.1 Å². The monoisotopic (exact) mass is 346 g/mol. The lowest BCUT2D eigenvalue weighted by Crippen LogP contribution is -2.36. The van der Waals surface area contributed by atoms with Gasteiger partial charge in [-0.3, -0.25) is 9.59 Å². The van der Waals surface area contributed by atoms with E-state index in [1.807, 2.05) is 19.6 Å². The maximum atomic E-state index is 13.0. The quantitative estimate of drug-likeness (QED) is 0.598. The number of carbonyl (C=O) groups is 2. The van der Waals surface area contributed by atoms with Gasteiger partial charge in [0.15, 0.2) is 0 Å². The van der Waals surface area contributed by atoms with Gasteiger partial charge in [0, 0.05) is 5.54 Å². The summed E-state index contributed by atoms with van der Waals surface area (Å²) in [5.41, 5.74) is -0.723. The predicted octanol–water partition coefficient (Wildman–Crippen LogP) is 3.97. The standard InChI is InChI=1S/C16H21F3O3Si/c1-10(20)15(23(3,4)5)13-9-12(16(17,18)19)7-6-11(13)8-14(21)22-2/h6-7,9,15H,8H2,1-5H3. The summed E-state index contributed by atoms with van der Waals surface area (Å²) in [4.78, 5) is 23.6. The van der Waals surface area contributed by atoms with E-state index in [-0.39, 0.29) is 17.8 Å². The first kappa shape index (κ1) is 19.4. The van der Waals surface area contributed by atoms with Crippen LogP contribution in [0.2, 0.25) is 19.6 Å². The number of Topliss-reactive ketones (excluding diaryl/α,β-unsaturated/α-hetero) is 1. The van der Waals surface area contributed by atoms with Gasteiger partial charge < -0.3 is 4.74 Å². The molecule has 1 atom stereocenters. The second-order valence-corrected chi connectivity index (χ2v) is 11.9. The first-order valence-corrected chi connectivity index (χ1v) is 10.7. The number of ketones is 1. The maximum absolute atomic E-state index is 13.0. The van der Waals surface area contributed by atoms with E-state index in [0.29, 0.717) is 5.56 Å². The van der Waals surface area contributed by atoms with Crippen molar-refractivity contribution in [2.75, 3.05) is 7.11 Å². The van der Waals surface area contributed by atoms with Crippen LogP contribution in [0.1, 0.15) is 29.2 Å². The third kappa shape index (κ3) is 4.92. The fourth-order valence-electron chi connectivity index (χ4n) is 2.72. The second kappa shape index (κ2) is 6.86. The minimum atomic E-state index is -4.50. The summed E-state index contributed by atoms with van der Waals surface area (Å²) in [5, 5.41) is 0. The molecular formula is C16H21F3O3Si. The molecule has 0 spiro atoms. The third-order valence-electron chi connectivity index (χ3n) is 3.62. The number of alkyl halides is 3. The van der Waals surface area contributed by atoms with Gasteiger partial charge in [0.1, 0.15) is 5.78 Å². The van der Waals surface area contributed by atoms with Gasteiger partial charge in [-0.2, -0.15) is 13.2 Å². The zero-order chi connectivity index (χ0) is 18.0. The van der Waals surface area contributed by atoms with E-state index in [2.05, 4.69) is 4.74 Å². The Morgan fingerprint density at radius 2 is 1.78 bits per heavy atom. The first-order valence-electron chi connectivity index (χ1n) is 7.15. The lowest BCUT2D eigenvalue weighted by Gasteiger charge is -2.29. The molecule has 0 aliphatic carbocycles. The van der Waals surface area contributed by atoms with Gasteiger partial charge in [-0.1, -0.05) is 25.7 Å². The van der Waals surface area contributed by atoms with Crippen LogP contribution in [0.5, 0.6) is 0 Å². The lowest BCUT2D eigenvalue weighted by atomic mass is 9.97. The molecule has 1 aromatic rings. The Bertz CT molecular complexity index is 604. The first-order chi connectivity index (χ1) is 10.4. The van der Waals surface area contributed by atoms with Crippen molar-refractivity contribution in [2.45, 2.75) is 44.7 Å². The van der Waals surface area contributed by atoms with E-state index in [4.69, 9.17) is 0 Å². The summed E-state index contributed by atoms with van der Waals surface area (Å²) >= 11 is 0. The van der Waals surface area contributed by atoms with Crippen LogP contribution < -0.4 is 0 Å². The van der Waals surface area contributed by atoms with Crippen molar-refractivity contribution in [3.8, 4) is 0 Å². The fraction of sp³-hybridized carbons (Fsp3) is 0.500. The van der Waals surface area contributed by atoms with Crippen LogP contribution in [0.3, 0.4) is 0 Å². The Balaban J connectivity index is 3.54. The van der Waals surface area contributed by atoms with Crippen LogP contribution in [0.4, 0.5) is 13.2 Å². The van der Waals surface area contributed by atoms with E-state index >= 15 is 0 Å². The van der Waals surface area contributed by atoms with E-state index in [1.54, 1.807) is 0 Å². The molecule has 0 bridgehead atoms. The Hall–Kier alpha value is -1.63. The van der Waals surface area contributed by atoms with Crippen molar-refractivity contribution in [1.82, 2.24) is 0 Å². The summed E-state index contributed by atoms with van der Waals surface area (Å²) in [7, 11) is -0.919. The third-order valence-corrected chi connectivity index (χ3v) is 6.07. The van der Waals surface area contributed by atoms with Gasteiger partial charge in [0.25, 0.3) is 0 Å². The molecular weight excluding hydrogens is 325 g/mol. The number of hydrogen-bond donors (Lipinski definition) is 0. The number of methoxy groups -OCH3 is 1. The van der Waals surface area contributed by atoms with Crippen LogP contribution in [0.15, 0.2) is 18.2 Å². The maximum Gasteiger partial charge on any atom is 0.416 e. The average Bonchev–Trinajstić information content (AvgIpc) is 2.37. The molecule has 0 radical (unpaired) electrons. The van der Waals surface area contributed by atoms with Gasteiger partial charge >= 0.3 is 12.1 Å². The molecule has 23 heavy (non-hydrogen) atoms. The van der Waals surface area contributed by atoms with Crippen LogP contribution in [0.25, 0.3) is 0 Å². The molecule has 1 aromatic carbocycles. The molecule has 0 saturated heterocycles. The molecule has 128 valence electrons. The molecule has 0 saturated carbocycles. The number of halogens is 3. The molecule has 1 unspecified atom stereocenters. The summed E-state index contributed by atoms with van der Waals surface area (Å²) in [6.45, 7) is 7.13. The average molecular weight is 346 g/mol. The van der Waals surface area contributed by atoms with Gasteiger partial charge in [-0.05, 0) is 30.2 Å². The molecule has 0 aliphatic heterocycles. The number of hydrogen-bond acceptors (Lipinski definition) is 3. The fourth-order valence-corrected chi connectivity index (χ4v) is 5.15. The van der Waals surface area contributed by atoms with Gasteiger partial charge in [0.05, 0.1) is 27.2 Å². The molecule has 0 N–H and O–H groups in total. The van der Waals surface area contributed by atoms with Crippen LogP contribution in [-0.2, 0) is 26.9 Å². The SMILES string of the molecule is COC(=O)Cc1ccc(C(F)(F)F)cc1C(C(C)=O)[Si](C)(C)C. The Labute approximate surface area is 134 Å². The number of esters is 1. The summed E-state index contributed by atoms with van der Waals surface area (Å²) in [6.07, 6.45) is -4.66. The summed E-state index contributed by atoms with van der Waals surface area (Å²) in [5.74, 6) is -0.738. The van der Waals surface area contributed by atoms with Crippen molar-refractivity contribution in [3.63, 3.8) is 0 Å². The molecule has 3 nitrogen and oxygen atoms in total. The number of carbonyl (C=O) groups excluding carboxylic acids is 2. The smallest absolute Gasteiger partial charge is 0.416 e. The van der Waals surface area contributed by atoms with E-state index in [9.17, 15) is 22.8 Å². The summed E-state index contributed by atoms with van der Waals surface area (Å²) < 4.78 is 43.7. The minimum Gasteiger partial charge on any atom is -0.469 e. The normalized spacial score (nSPS) is 13.6. The van der Waals surface area contributed by atoms with Crippen molar-refractivity contribution < 1.29 is 27.5 Å². The molecule has 0 aromatic heterocycles. The molecule has 7 heteroatoms. The van der Waals surface area contributed by atoms with Crippen LogP contribution in [-0.4, -0.2) is 26.9 Å². The van der Waals surface area contributed by atoms with Crippen LogP contribution in [0, 0.1) is 0 Å². The van der Waals surface area contributed by atoms with E-state index < -0.39 is 31.3 Å². The number of ether oxygens (including phenoxy) is 1. The summed E-state index contributed by atoms with van der Waals surface area (Å²) in [6, 6.07) is 3.21. The molecule has 0 amide bonds. The largest absolute Gasteiger partial charge is 0.469 e. The van der Waals surface area contributed by atoms with Gasteiger partial charge in [-0.25, -0.2) is 0 Å². The van der Waals surface area contributed by atoms with Crippen LogP contribution >= 0.6 is 0 Å². The molecule has 1 rings (SSSR count). The molecule has 0 aliphatic rings. The minimum absolute atomic E-state index is 0.155. The predicted molar refractivity (Wildman–Crippen MR) is 83.9 cm³/mol. The zero-order valence-corrected chi connectivity index (χ0v) is 14.9. The number of benzene rings is 1. The van der Waals surface area contributed by atoms with E-state index in [1.165, 1.54) is 20.1 Å². The van der Waals surface area contributed by atoms with Crippen molar-refractivity contribution in [1.29, 1.82) is 0 Å².